The number of carbonyl (C=O) groups is 2. The van der Waals surface area contributed by atoms with Gasteiger partial charge in [0.1, 0.15) is 0 Å². The molecule has 0 heterocycles. The van der Waals surface area contributed by atoms with Gasteiger partial charge in [-0.05, 0) is 44.0 Å². The van der Waals surface area contributed by atoms with Crippen LogP contribution >= 0.6 is 11.6 Å². The highest BCUT2D eigenvalue weighted by Crippen LogP contribution is 2.31. The predicted octanol–water partition coefficient (Wildman–Crippen LogP) is 3.34. The molecule has 0 aromatic heterocycles. The van der Waals surface area contributed by atoms with Gasteiger partial charge in [-0.15, -0.1) is 0 Å². The molecule has 0 fully saturated rings. The zero-order valence-corrected chi connectivity index (χ0v) is 11.9. The first kappa shape index (κ1) is 14.6. The number of amides is 1. The third kappa shape index (κ3) is 3.39. The molecule has 1 amide bonds. The molecule has 106 valence electrons. The van der Waals surface area contributed by atoms with Gasteiger partial charge < -0.3 is 10.4 Å². The maximum atomic E-state index is 12.3. The van der Waals surface area contributed by atoms with Crippen molar-refractivity contribution in [2.75, 3.05) is 5.32 Å². The van der Waals surface area contributed by atoms with Crippen LogP contribution in [0.1, 0.15) is 19.8 Å². The Labute approximate surface area is 122 Å². The first-order chi connectivity index (χ1) is 9.47. The Balaban J connectivity index is 2.12. The lowest BCUT2D eigenvalue weighted by molar-refractivity contribution is -0.146. The summed E-state index contributed by atoms with van der Waals surface area (Å²) in [5, 5.41) is 12.6. The Hall–Kier alpha value is -1.81. The summed E-state index contributed by atoms with van der Waals surface area (Å²) in [7, 11) is 0. The number of carboxylic acids is 1. The fraction of sp³-hybridized carbons (Fsp3) is 0.333. The fourth-order valence-corrected chi connectivity index (χ4v) is 2.51. The van der Waals surface area contributed by atoms with Crippen LogP contribution in [0.2, 0.25) is 5.02 Å². The molecule has 2 rings (SSSR count). The van der Waals surface area contributed by atoms with Crippen LogP contribution in [0.25, 0.3) is 0 Å². The van der Waals surface area contributed by atoms with Gasteiger partial charge in [-0.1, -0.05) is 23.3 Å². The van der Waals surface area contributed by atoms with Gasteiger partial charge in [-0.25, -0.2) is 0 Å². The number of carbonyl (C=O) groups excluding carboxylic acids is 1. The minimum atomic E-state index is -0.926. The molecule has 2 unspecified atom stereocenters. The second-order valence-electron chi connectivity index (χ2n) is 5.04. The molecule has 2 N–H and O–H groups in total. The zero-order chi connectivity index (χ0) is 14.7. The number of benzene rings is 1. The van der Waals surface area contributed by atoms with Gasteiger partial charge in [0.2, 0.25) is 5.91 Å². The molecule has 1 aliphatic carbocycles. The van der Waals surface area contributed by atoms with Crippen LogP contribution in [-0.2, 0) is 9.59 Å². The third-order valence-electron chi connectivity index (χ3n) is 3.51. The van der Waals surface area contributed by atoms with Gasteiger partial charge in [0.25, 0.3) is 0 Å². The predicted molar refractivity (Wildman–Crippen MR) is 77.7 cm³/mol. The van der Waals surface area contributed by atoms with Gasteiger partial charge in [0, 0.05) is 10.7 Å². The molecule has 0 aliphatic heterocycles. The smallest absolute Gasteiger partial charge is 0.307 e. The van der Waals surface area contributed by atoms with Crippen LogP contribution in [0.15, 0.2) is 35.9 Å². The van der Waals surface area contributed by atoms with E-state index in [1.807, 2.05) is 13.0 Å². The highest BCUT2D eigenvalue weighted by Gasteiger charge is 2.35. The second kappa shape index (κ2) is 6.09. The molecule has 0 radical (unpaired) electrons. The number of allylic oxidation sites excluding steroid dienone is 2. The zero-order valence-electron chi connectivity index (χ0n) is 11.1. The van der Waals surface area contributed by atoms with E-state index in [2.05, 4.69) is 5.32 Å². The van der Waals surface area contributed by atoms with E-state index >= 15 is 0 Å². The summed E-state index contributed by atoms with van der Waals surface area (Å²) in [6, 6.07) is 6.75. The van der Waals surface area contributed by atoms with Gasteiger partial charge in [-0.2, -0.15) is 0 Å². The van der Waals surface area contributed by atoms with Crippen molar-refractivity contribution in [2.45, 2.75) is 19.8 Å². The van der Waals surface area contributed by atoms with E-state index in [9.17, 15) is 14.7 Å². The summed E-state index contributed by atoms with van der Waals surface area (Å²) in [4.78, 5) is 23.5. The second-order valence-corrected chi connectivity index (χ2v) is 5.47. The van der Waals surface area contributed by atoms with Gasteiger partial charge in [0.15, 0.2) is 0 Å². The van der Waals surface area contributed by atoms with Crippen molar-refractivity contribution in [3.63, 3.8) is 0 Å². The Morgan fingerprint density at radius 1 is 1.25 bits per heavy atom. The van der Waals surface area contributed by atoms with E-state index < -0.39 is 17.8 Å². The topological polar surface area (TPSA) is 66.4 Å². The molecule has 0 saturated heterocycles. The molecule has 1 aromatic rings. The average molecular weight is 294 g/mol. The summed E-state index contributed by atoms with van der Waals surface area (Å²) in [5.74, 6) is -2.38. The standard InChI is InChI=1S/C15H16ClNO3/c1-9-2-7-12(15(19)20)13(8-9)14(18)17-11-5-3-10(16)4-6-11/h2-6,12-13H,7-8H2,1H3,(H,17,18)(H,19,20). The number of hydrogen-bond acceptors (Lipinski definition) is 2. The summed E-state index contributed by atoms with van der Waals surface area (Å²) in [5.41, 5.74) is 1.68. The summed E-state index contributed by atoms with van der Waals surface area (Å²) < 4.78 is 0. The van der Waals surface area contributed by atoms with Crippen molar-refractivity contribution >= 4 is 29.2 Å². The van der Waals surface area contributed by atoms with Crippen molar-refractivity contribution < 1.29 is 14.7 Å². The lowest BCUT2D eigenvalue weighted by atomic mass is 9.79. The molecule has 5 heteroatoms. The number of nitrogens with one attached hydrogen (secondary N) is 1. The molecule has 1 aromatic carbocycles. The lowest BCUT2D eigenvalue weighted by Crippen LogP contribution is -2.35. The van der Waals surface area contributed by atoms with Crippen LogP contribution in [-0.4, -0.2) is 17.0 Å². The Kier molecular flexibility index (Phi) is 4.45. The lowest BCUT2D eigenvalue weighted by Gasteiger charge is -2.26. The maximum Gasteiger partial charge on any atom is 0.307 e. The summed E-state index contributed by atoms with van der Waals surface area (Å²) >= 11 is 5.78. The van der Waals surface area contributed by atoms with Crippen LogP contribution in [0, 0.1) is 11.8 Å². The van der Waals surface area contributed by atoms with Crippen molar-refractivity contribution in [3.8, 4) is 0 Å². The SMILES string of the molecule is CC1=CCC(C(=O)O)C(C(=O)Nc2ccc(Cl)cc2)C1. The highest BCUT2D eigenvalue weighted by atomic mass is 35.5. The molecular weight excluding hydrogens is 278 g/mol. The van der Waals surface area contributed by atoms with E-state index in [-0.39, 0.29) is 5.91 Å². The van der Waals surface area contributed by atoms with E-state index in [0.717, 1.165) is 5.57 Å². The average Bonchev–Trinajstić information content (AvgIpc) is 2.41. The Morgan fingerprint density at radius 2 is 1.90 bits per heavy atom. The Morgan fingerprint density at radius 3 is 2.50 bits per heavy atom. The van der Waals surface area contributed by atoms with Crippen molar-refractivity contribution in [1.29, 1.82) is 0 Å². The van der Waals surface area contributed by atoms with Crippen molar-refractivity contribution in [2.24, 2.45) is 11.8 Å². The van der Waals surface area contributed by atoms with Crippen LogP contribution in [0.3, 0.4) is 0 Å². The number of rotatable bonds is 3. The molecular formula is C15H16ClNO3. The van der Waals surface area contributed by atoms with Crippen LogP contribution in [0.4, 0.5) is 5.69 Å². The van der Waals surface area contributed by atoms with E-state index in [4.69, 9.17) is 11.6 Å². The van der Waals surface area contributed by atoms with Gasteiger partial charge >= 0.3 is 5.97 Å². The fourth-order valence-electron chi connectivity index (χ4n) is 2.38. The van der Waals surface area contributed by atoms with Gasteiger partial charge in [-0.3, -0.25) is 9.59 Å². The number of aliphatic carboxylic acids is 1. The van der Waals surface area contributed by atoms with E-state index in [1.54, 1.807) is 24.3 Å². The van der Waals surface area contributed by atoms with E-state index in [0.29, 0.717) is 23.6 Å². The minimum Gasteiger partial charge on any atom is -0.481 e. The first-order valence-corrected chi connectivity index (χ1v) is 6.80. The van der Waals surface area contributed by atoms with E-state index in [1.165, 1.54) is 0 Å². The molecule has 0 saturated carbocycles. The molecule has 4 nitrogen and oxygen atoms in total. The molecule has 0 bridgehead atoms. The maximum absolute atomic E-state index is 12.3. The molecule has 2 atom stereocenters. The van der Waals surface area contributed by atoms with Crippen LogP contribution < -0.4 is 5.32 Å². The third-order valence-corrected chi connectivity index (χ3v) is 3.77. The van der Waals surface area contributed by atoms with Crippen molar-refractivity contribution in [3.05, 3.63) is 40.9 Å². The number of halogens is 1. The Bertz CT molecular complexity index is 551. The largest absolute Gasteiger partial charge is 0.481 e. The number of hydrogen-bond donors (Lipinski definition) is 2. The minimum absolute atomic E-state index is 0.257. The highest BCUT2D eigenvalue weighted by molar-refractivity contribution is 6.30. The van der Waals surface area contributed by atoms with Gasteiger partial charge in [0.05, 0.1) is 11.8 Å². The number of anilines is 1. The summed E-state index contributed by atoms with van der Waals surface area (Å²) in [6.45, 7) is 1.92. The van der Waals surface area contributed by atoms with Crippen molar-refractivity contribution in [1.82, 2.24) is 0 Å². The number of carboxylic acid groups (broad SMARTS) is 1. The first-order valence-electron chi connectivity index (χ1n) is 6.42. The molecule has 0 spiro atoms. The monoisotopic (exact) mass is 293 g/mol. The summed E-state index contributed by atoms with van der Waals surface area (Å²) in [6.07, 6.45) is 2.78. The molecule has 1 aliphatic rings. The normalized spacial score (nSPS) is 22.0. The quantitative estimate of drug-likeness (QED) is 0.840. The van der Waals surface area contributed by atoms with Crippen LogP contribution in [0.5, 0.6) is 0 Å². The molecule has 20 heavy (non-hydrogen) atoms.